The summed E-state index contributed by atoms with van der Waals surface area (Å²) in [5.41, 5.74) is 1.17. The molecule has 0 bridgehead atoms. The first-order valence-electron chi connectivity index (χ1n) is 6.12. The highest BCUT2D eigenvalue weighted by Crippen LogP contribution is 2.17. The lowest BCUT2D eigenvalue weighted by Gasteiger charge is -2.13. The number of nitrogens with one attached hydrogen (secondary N) is 1. The zero-order valence-electron chi connectivity index (χ0n) is 10.5. The maximum absolute atomic E-state index is 6.14. The number of hydrogen-bond acceptors (Lipinski definition) is 2. The number of rotatable bonds is 7. The van der Waals surface area contributed by atoms with Crippen LogP contribution < -0.4 is 5.32 Å². The zero-order valence-corrected chi connectivity index (χ0v) is 11.2. The molecule has 1 N–H and O–H groups in total. The van der Waals surface area contributed by atoms with Crippen LogP contribution >= 0.6 is 11.6 Å². The van der Waals surface area contributed by atoms with Crippen molar-refractivity contribution in [2.45, 2.75) is 52.6 Å². The Morgan fingerprint density at radius 3 is 2.88 bits per heavy atom. The summed E-state index contributed by atoms with van der Waals surface area (Å²) < 4.78 is 2.03. The van der Waals surface area contributed by atoms with Gasteiger partial charge in [-0.05, 0) is 32.7 Å². The number of halogens is 1. The first kappa shape index (κ1) is 13.5. The largest absolute Gasteiger partial charge is 0.315 e. The van der Waals surface area contributed by atoms with Crippen LogP contribution in [0.2, 0.25) is 5.02 Å². The standard InChI is InChI=1S/C12H22ClN3/c1-4-8-16-12(11(13)9-15-16)7-6-10(3)14-5-2/h9-10,14H,4-8H2,1-3H3. The van der Waals surface area contributed by atoms with Gasteiger partial charge in [0.25, 0.3) is 0 Å². The molecule has 1 aromatic rings. The second-order valence-electron chi connectivity index (χ2n) is 4.16. The van der Waals surface area contributed by atoms with Crippen LogP contribution in [0.5, 0.6) is 0 Å². The van der Waals surface area contributed by atoms with Crippen LogP contribution in [0, 0.1) is 0 Å². The molecule has 0 aliphatic heterocycles. The summed E-state index contributed by atoms with van der Waals surface area (Å²) in [5, 5.41) is 8.50. The first-order valence-corrected chi connectivity index (χ1v) is 6.50. The predicted octanol–water partition coefficient (Wildman–Crippen LogP) is 2.88. The number of aryl methyl sites for hydroxylation is 1. The lowest BCUT2D eigenvalue weighted by Crippen LogP contribution is -2.26. The maximum atomic E-state index is 6.14. The van der Waals surface area contributed by atoms with E-state index in [1.165, 1.54) is 5.69 Å². The zero-order chi connectivity index (χ0) is 12.0. The van der Waals surface area contributed by atoms with E-state index in [1.807, 2.05) is 4.68 Å². The Morgan fingerprint density at radius 2 is 2.25 bits per heavy atom. The normalized spacial score (nSPS) is 13.0. The van der Waals surface area contributed by atoms with Crippen molar-refractivity contribution in [3.05, 3.63) is 16.9 Å². The molecule has 92 valence electrons. The van der Waals surface area contributed by atoms with Crippen molar-refractivity contribution < 1.29 is 0 Å². The monoisotopic (exact) mass is 243 g/mol. The highest BCUT2D eigenvalue weighted by molar-refractivity contribution is 6.31. The quantitative estimate of drug-likeness (QED) is 0.798. The Labute approximate surface area is 103 Å². The van der Waals surface area contributed by atoms with Crippen molar-refractivity contribution >= 4 is 11.6 Å². The van der Waals surface area contributed by atoms with E-state index < -0.39 is 0 Å². The van der Waals surface area contributed by atoms with Crippen LogP contribution in [0.25, 0.3) is 0 Å². The third kappa shape index (κ3) is 3.80. The minimum Gasteiger partial charge on any atom is -0.315 e. The Balaban J connectivity index is 2.54. The van der Waals surface area contributed by atoms with Crippen LogP contribution in [-0.2, 0) is 13.0 Å². The molecule has 0 saturated carbocycles. The molecule has 1 heterocycles. The molecule has 0 amide bonds. The second kappa shape index (κ2) is 6.92. The number of nitrogens with zero attached hydrogens (tertiary/aromatic N) is 2. The first-order chi connectivity index (χ1) is 7.69. The molecule has 16 heavy (non-hydrogen) atoms. The molecule has 0 aromatic carbocycles. The molecule has 1 aromatic heterocycles. The van der Waals surface area contributed by atoms with Crippen LogP contribution in [0.15, 0.2) is 6.20 Å². The minimum atomic E-state index is 0.533. The van der Waals surface area contributed by atoms with Gasteiger partial charge in [-0.2, -0.15) is 5.10 Å². The van der Waals surface area contributed by atoms with E-state index in [9.17, 15) is 0 Å². The van der Waals surface area contributed by atoms with Gasteiger partial charge in [0.1, 0.15) is 0 Å². The summed E-state index contributed by atoms with van der Waals surface area (Å²) in [7, 11) is 0. The Bertz CT molecular complexity index is 309. The minimum absolute atomic E-state index is 0.533. The van der Waals surface area contributed by atoms with Crippen LogP contribution in [-0.4, -0.2) is 22.4 Å². The average Bonchev–Trinajstić information content (AvgIpc) is 2.58. The van der Waals surface area contributed by atoms with Crippen LogP contribution in [0.3, 0.4) is 0 Å². The number of aromatic nitrogens is 2. The van der Waals surface area contributed by atoms with Crippen molar-refractivity contribution in [1.82, 2.24) is 15.1 Å². The van der Waals surface area contributed by atoms with Crippen molar-refractivity contribution in [2.75, 3.05) is 6.54 Å². The molecule has 0 radical (unpaired) electrons. The van der Waals surface area contributed by atoms with Gasteiger partial charge >= 0.3 is 0 Å². The third-order valence-electron chi connectivity index (χ3n) is 2.70. The molecule has 4 heteroatoms. The molecular weight excluding hydrogens is 222 g/mol. The molecule has 0 spiro atoms. The van der Waals surface area contributed by atoms with Gasteiger partial charge in [0, 0.05) is 12.6 Å². The molecule has 1 unspecified atom stereocenters. The highest BCUT2D eigenvalue weighted by Gasteiger charge is 2.10. The molecule has 1 rings (SSSR count). The fourth-order valence-electron chi connectivity index (χ4n) is 1.84. The molecule has 1 atom stereocenters. The molecular formula is C12H22ClN3. The lowest BCUT2D eigenvalue weighted by molar-refractivity contribution is 0.507. The fourth-order valence-corrected chi connectivity index (χ4v) is 2.08. The molecule has 3 nitrogen and oxygen atoms in total. The third-order valence-corrected chi connectivity index (χ3v) is 3.02. The Kier molecular flexibility index (Phi) is 5.85. The van der Waals surface area contributed by atoms with Gasteiger partial charge in [0.2, 0.25) is 0 Å². The van der Waals surface area contributed by atoms with Crippen molar-refractivity contribution in [3.8, 4) is 0 Å². The van der Waals surface area contributed by atoms with E-state index in [0.717, 1.165) is 37.4 Å². The fraction of sp³-hybridized carbons (Fsp3) is 0.750. The summed E-state index contributed by atoms with van der Waals surface area (Å²) >= 11 is 6.14. The predicted molar refractivity (Wildman–Crippen MR) is 69.0 cm³/mol. The van der Waals surface area contributed by atoms with Gasteiger partial charge in [-0.15, -0.1) is 0 Å². The maximum Gasteiger partial charge on any atom is 0.0817 e. The van der Waals surface area contributed by atoms with E-state index in [1.54, 1.807) is 6.20 Å². The Hall–Kier alpha value is -0.540. The SMILES string of the molecule is CCCn1ncc(Cl)c1CCC(C)NCC. The van der Waals surface area contributed by atoms with Gasteiger partial charge < -0.3 is 5.32 Å². The lowest BCUT2D eigenvalue weighted by atomic mass is 10.1. The van der Waals surface area contributed by atoms with Crippen molar-refractivity contribution in [2.24, 2.45) is 0 Å². The molecule has 0 saturated heterocycles. The van der Waals surface area contributed by atoms with Crippen LogP contribution in [0.4, 0.5) is 0 Å². The van der Waals surface area contributed by atoms with E-state index in [2.05, 4.69) is 31.2 Å². The summed E-state index contributed by atoms with van der Waals surface area (Å²) in [6.07, 6.45) is 4.94. The van der Waals surface area contributed by atoms with Gasteiger partial charge in [-0.1, -0.05) is 25.4 Å². The molecule has 0 fully saturated rings. The molecule has 0 aliphatic carbocycles. The smallest absolute Gasteiger partial charge is 0.0817 e. The van der Waals surface area contributed by atoms with Crippen LogP contribution in [0.1, 0.15) is 39.3 Å². The highest BCUT2D eigenvalue weighted by atomic mass is 35.5. The van der Waals surface area contributed by atoms with Crippen molar-refractivity contribution in [3.63, 3.8) is 0 Å². The average molecular weight is 244 g/mol. The molecule has 0 aliphatic rings. The van der Waals surface area contributed by atoms with E-state index in [0.29, 0.717) is 6.04 Å². The van der Waals surface area contributed by atoms with Gasteiger partial charge in [-0.25, -0.2) is 0 Å². The van der Waals surface area contributed by atoms with E-state index in [4.69, 9.17) is 11.6 Å². The second-order valence-corrected chi connectivity index (χ2v) is 4.57. The summed E-state index contributed by atoms with van der Waals surface area (Å²) in [6, 6.07) is 0.533. The van der Waals surface area contributed by atoms with Gasteiger partial charge in [0.05, 0.1) is 16.9 Å². The van der Waals surface area contributed by atoms with Gasteiger partial charge in [0.15, 0.2) is 0 Å². The Morgan fingerprint density at radius 1 is 1.50 bits per heavy atom. The summed E-state index contributed by atoms with van der Waals surface area (Å²) in [5.74, 6) is 0. The topological polar surface area (TPSA) is 29.9 Å². The number of hydrogen-bond donors (Lipinski definition) is 1. The van der Waals surface area contributed by atoms with Gasteiger partial charge in [-0.3, -0.25) is 4.68 Å². The van der Waals surface area contributed by atoms with E-state index in [-0.39, 0.29) is 0 Å². The summed E-state index contributed by atoms with van der Waals surface area (Å²) in [6.45, 7) is 8.46. The summed E-state index contributed by atoms with van der Waals surface area (Å²) in [4.78, 5) is 0. The van der Waals surface area contributed by atoms with E-state index >= 15 is 0 Å². The van der Waals surface area contributed by atoms with Crippen molar-refractivity contribution in [1.29, 1.82) is 0 Å².